The van der Waals surface area contributed by atoms with E-state index >= 15 is 0 Å². The van der Waals surface area contributed by atoms with Crippen LogP contribution in [0.4, 0.5) is 9.18 Å². The highest BCUT2D eigenvalue weighted by Gasteiger charge is 2.50. The molecule has 4 amide bonds. The van der Waals surface area contributed by atoms with Crippen LogP contribution in [0.3, 0.4) is 0 Å². The molecule has 0 spiro atoms. The monoisotopic (exact) mass is 525 g/mol. The third kappa shape index (κ3) is 5.10. The lowest BCUT2D eigenvalue weighted by Crippen LogP contribution is -2.75. The first kappa shape index (κ1) is 25.8. The molecule has 2 atom stereocenters. The third-order valence-electron chi connectivity index (χ3n) is 7.15. The van der Waals surface area contributed by atoms with E-state index in [-0.39, 0.29) is 44.1 Å². The standard InChI is InChI=1S/C27H32FN5O5/c1-3-4-5-21-26(35)31(14-19-8-11-22-23(12-19)38-17-37-22)15-24-32(21)25(34)16-30(2)33(24)27(36)29-13-18-6-9-20(28)10-7-18/h6-12,21,24H,3-5,13-17H2,1-2H3,(H,29,36)/t21-,24?/m0/s1. The first-order valence-corrected chi connectivity index (χ1v) is 12.9. The van der Waals surface area contributed by atoms with E-state index in [4.69, 9.17) is 9.47 Å². The van der Waals surface area contributed by atoms with Gasteiger partial charge in [-0.25, -0.2) is 19.2 Å². The van der Waals surface area contributed by atoms with Gasteiger partial charge in [0, 0.05) is 20.1 Å². The number of likely N-dealkylation sites (N-methyl/N-ethyl adjacent to an activating group) is 1. The Morgan fingerprint density at radius 1 is 1.08 bits per heavy atom. The molecule has 2 saturated heterocycles. The highest BCUT2D eigenvalue weighted by Crippen LogP contribution is 2.34. The van der Waals surface area contributed by atoms with Gasteiger partial charge in [-0.05, 0) is 41.8 Å². The minimum absolute atomic E-state index is 0.0153. The summed E-state index contributed by atoms with van der Waals surface area (Å²) < 4.78 is 24.2. The maximum Gasteiger partial charge on any atom is 0.334 e. The SMILES string of the molecule is CCCC[C@H]1C(=O)N(Cc2ccc3c(c2)OCO3)CC2N1C(=O)CN(C)N2C(=O)NCc1ccc(F)cc1. The van der Waals surface area contributed by atoms with Crippen LogP contribution in [-0.2, 0) is 22.7 Å². The van der Waals surface area contributed by atoms with Crippen LogP contribution in [0.25, 0.3) is 0 Å². The zero-order valence-corrected chi connectivity index (χ0v) is 21.6. The predicted octanol–water partition coefficient (Wildman–Crippen LogP) is 2.68. The summed E-state index contributed by atoms with van der Waals surface area (Å²) in [5.41, 5.74) is 1.62. The Bertz CT molecular complexity index is 1210. The smallest absolute Gasteiger partial charge is 0.334 e. The molecule has 3 aliphatic heterocycles. The second-order valence-electron chi connectivity index (χ2n) is 9.79. The van der Waals surface area contributed by atoms with Crippen LogP contribution in [0.2, 0.25) is 0 Å². The number of carbonyl (C=O) groups excluding carboxylic acids is 3. The fourth-order valence-electron chi connectivity index (χ4n) is 5.24. The van der Waals surface area contributed by atoms with E-state index in [2.05, 4.69) is 5.32 Å². The number of hydrogen-bond donors (Lipinski definition) is 1. The quantitative estimate of drug-likeness (QED) is 0.598. The normalized spacial score (nSPS) is 21.1. The lowest BCUT2D eigenvalue weighted by atomic mass is 10.0. The van der Waals surface area contributed by atoms with E-state index in [1.165, 1.54) is 17.1 Å². The molecule has 0 bridgehead atoms. The number of hydrogen-bond acceptors (Lipinski definition) is 6. The van der Waals surface area contributed by atoms with Crippen molar-refractivity contribution in [2.45, 2.75) is 51.5 Å². The van der Waals surface area contributed by atoms with Crippen LogP contribution < -0.4 is 14.8 Å². The van der Waals surface area contributed by atoms with E-state index in [1.807, 2.05) is 25.1 Å². The molecule has 5 rings (SSSR count). The van der Waals surface area contributed by atoms with Crippen LogP contribution in [-0.4, -0.2) is 76.8 Å². The fraction of sp³-hybridized carbons (Fsp3) is 0.444. The van der Waals surface area contributed by atoms with Gasteiger partial charge in [-0.2, -0.15) is 0 Å². The predicted molar refractivity (Wildman–Crippen MR) is 135 cm³/mol. The Kier molecular flexibility index (Phi) is 7.37. The maximum absolute atomic E-state index is 13.7. The second-order valence-corrected chi connectivity index (χ2v) is 9.79. The lowest BCUT2D eigenvalue weighted by molar-refractivity contribution is -0.188. The zero-order valence-electron chi connectivity index (χ0n) is 21.6. The Morgan fingerprint density at radius 3 is 2.58 bits per heavy atom. The molecule has 3 heterocycles. The summed E-state index contributed by atoms with van der Waals surface area (Å²) in [5, 5.41) is 5.99. The number of hydrazine groups is 1. The first-order chi connectivity index (χ1) is 18.4. The summed E-state index contributed by atoms with van der Waals surface area (Å²) >= 11 is 0. The number of nitrogens with zero attached hydrogens (tertiary/aromatic N) is 4. The highest BCUT2D eigenvalue weighted by molar-refractivity contribution is 5.91. The van der Waals surface area contributed by atoms with Gasteiger partial charge in [-0.3, -0.25) is 9.59 Å². The van der Waals surface area contributed by atoms with Crippen LogP contribution in [0.1, 0.15) is 37.3 Å². The molecule has 1 N–H and O–H groups in total. The number of piperazine rings is 1. The maximum atomic E-state index is 13.7. The number of benzene rings is 2. The number of fused-ring (bicyclic) bond motifs is 2. The van der Waals surface area contributed by atoms with Gasteiger partial charge in [-0.1, -0.05) is 38.0 Å². The number of ether oxygens (including phenoxy) is 2. The van der Waals surface area contributed by atoms with Gasteiger partial charge in [0.15, 0.2) is 11.5 Å². The third-order valence-corrected chi connectivity index (χ3v) is 7.15. The molecule has 0 radical (unpaired) electrons. The first-order valence-electron chi connectivity index (χ1n) is 12.9. The van der Waals surface area contributed by atoms with Crippen molar-refractivity contribution in [2.24, 2.45) is 0 Å². The molecule has 38 heavy (non-hydrogen) atoms. The molecule has 0 aliphatic carbocycles. The van der Waals surface area contributed by atoms with Gasteiger partial charge in [-0.15, -0.1) is 0 Å². The average molecular weight is 526 g/mol. The summed E-state index contributed by atoms with van der Waals surface area (Å²) in [5.74, 6) is 0.631. The van der Waals surface area contributed by atoms with E-state index in [0.717, 1.165) is 24.0 Å². The summed E-state index contributed by atoms with van der Waals surface area (Å²) in [6.45, 7) is 2.85. The van der Waals surface area contributed by atoms with Crippen molar-refractivity contribution in [1.29, 1.82) is 0 Å². The Hall–Kier alpha value is -3.86. The molecule has 0 aromatic heterocycles. The molecular formula is C27H32FN5O5. The van der Waals surface area contributed by atoms with Crippen LogP contribution in [0.15, 0.2) is 42.5 Å². The van der Waals surface area contributed by atoms with Crippen molar-refractivity contribution >= 4 is 17.8 Å². The summed E-state index contributed by atoms with van der Waals surface area (Å²) in [4.78, 5) is 43.6. The molecule has 10 nitrogen and oxygen atoms in total. The highest BCUT2D eigenvalue weighted by atomic mass is 19.1. The molecule has 2 aromatic rings. The number of halogens is 1. The Labute approximate surface area is 220 Å². The number of amides is 4. The minimum atomic E-state index is -0.664. The van der Waals surface area contributed by atoms with Crippen LogP contribution >= 0.6 is 0 Å². The number of urea groups is 1. The molecule has 11 heteroatoms. The van der Waals surface area contributed by atoms with Gasteiger partial charge in [0.2, 0.25) is 18.6 Å². The van der Waals surface area contributed by atoms with Crippen LogP contribution in [0, 0.1) is 5.82 Å². The van der Waals surface area contributed by atoms with E-state index in [9.17, 15) is 18.8 Å². The van der Waals surface area contributed by atoms with Gasteiger partial charge in [0.25, 0.3) is 0 Å². The molecule has 2 fully saturated rings. The Morgan fingerprint density at radius 2 is 1.82 bits per heavy atom. The zero-order chi connectivity index (χ0) is 26.8. The van der Waals surface area contributed by atoms with Gasteiger partial charge >= 0.3 is 6.03 Å². The number of carbonyl (C=O) groups is 3. The molecular weight excluding hydrogens is 493 g/mol. The summed E-state index contributed by atoms with van der Waals surface area (Å²) in [6, 6.07) is 10.4. The lowest BCUT2D eigenvalue weighted by Gasteiger charge is -2.54. The largest absolute Gasteiger partial charge is 0.454 e. The van der Waals surface area contributed by atoms with Gasteiger partial charge in [0.1, 0.15) is 18.0 Å². The molecule has 3 aliphatic rings. The van der Waals surface area contributed by atoms with E-state index < -0.39 is 18.2 Å². The van der Waals surface area contributed by atoms with Gasteiger partial charge in [0.05, 0.1) is 13.1 Å². The van der Waals surface area contributed by atoms with E-state index in [1.54, 1.807) is 34.0 Å². The number of unbranched alkanes of at least 4 members (excludes halogenated alkanes) is 1. The minimum Gasteiger partial charge on any atom is -0.454 e. The molecule has 2 aromatic carbocycles. The number of rotatable bonds is 7. The average Bonchev–Trinajstić information content (AvgIpc) is 3.36. The Balaban J connectivity index is 1.39. The molecule has 202 valence electrons. The summed E-state index contributed by atoms with van der Waals surface area (Å²) in [6.07, 6.45) is 1.50. The van der Waals surface area contributed by atoms with E-state index in [0.29, 0.717) is 24.5 Å². The molecule has 0 saturated carbocycles. The van der Waals surface area contributed by atoms with Crippen molar-refractivity contribution in [3.63, 3.8) is 0 Å². The van der Waals surface area contributed by atoms with Crippen molar-refractivity contribution in [3.8, 4) is 11.5 Å². The number of nitrogens with one attached hydrogen (secondary N) is 1. The fourth-order valence-corrected chi connectivity index (χ4v) is 5.24. The van der Waals surface area contributed by atoms with Crippen molar-refractivity contribution in [2.75, 3.05) is 26.9 Å². The van der Waals surface area contributed by atoms with Crippen molar-refractivity contribution in [1.82, 2.24) is 25.1 Å². The van der Waals surface area contributed by atoms with Crippen molar-refractivity contribution < 1.29 is 28.2 Å². The molecule has 1 unspecified atom stereocenters. The van der Waals surface area contributed by atoms with Crippen LogP contribution in [0.5, 0.6) is 11.5 Å². The summed E-state index contributed by atoms with van der Waals surface area (Å²) in [7, 11) is 1.69. The van der Waals surface area contributed by atoms with Gasteiger partial charge < -0.3 is 24.6 Å². The second kappa shape index (κ2) is 10.9. The topological polar surface area (TPSA) is 94.7 Å². The van der Waals surface area contributed by atoms with Crippen molar-refractivity contribution in [3.05, 3.63) is 59.4 Å².